The second kappa shape index (κ2) is 6.97. The van der Waals surface area contributed by atoms with Gasteiger partial charge in [0, 0.05) is 6.54 Å². The van der Waals surface area contributed by atoms with Crippen LogP contribution < -0.4 is 4.31 Å². The van der Waals surface area contributed by atoms with Crippen molar-refractivity contribution in [2.75, 3.05) is 10.8 Å². The minimum atomic E-state index is -4.02. The van der Waals surface area contributed by atoms with E-state index in [4.69, 9.17) is 16.7 Å². The van der Waals surface area contributed by atoms with Crippen molar-refractivity contribution in [3.05, 3.63) is 59.4 Å². The number of sulfonamides is 1. The van der Waals surface area contributed by atoms with Crippen molar-refractivity contribution in [2.24, 2.45) is 0 Å². The summed E-state index contributed by atoms with van der Waals surface area (Å²) in [6.07, 6.45) is -0.420. The van der Waals surface area contributed by atoms with E-state index in [2.05, 4.69) is 0 Å². The third-order valence-corrected chi connectivity index (χ3v) is 5.20. The van der Waals surface area contributed by atoms with Crippen LogP contribution in [0, 0.1) is 5.82 Å². The van der Waals surface area contributed by atoms with Gasteiger partial charge >= 0.3 is 5.97 Å². The van der Waals surface area contributed by atoms with E-state index in [1.54, 1.807) is 18.2 Å². The highest BCUT2D eigenvalue weighted by Gasteiger charge is 2.26. The number of nitrogens with zero attached hydrogens (tertiary/aromatic N) is 1. The first-order valence-electron chi connectivity index (χ1n) is 6.57. The molecule has 0 saturated carbocycles. The number of carbonyl (C=O) groups is 1. The Morgan fingerprint density at radius 3 is 2.39 bits per heavy atom. The fourth-order valence-electron chi connectivity index (χ4n) is 1.95. The monoisotopic (exact) mass is 357 g/mol. The highest BCUT2D eigenvalue weighted by atomic mass is 35.5. The van der Waals surface area contributed by atoms with E-state index in [9.17, 15) is 17.6 Å². The van der Waals surface area contributed by atoms with Gasteiger partial charge in [-0.1, -0.05) is 29.8 Å². The largest absolute Gasteiger partial charge is 0.481 e. The Kier molecular flexibility index (Phi) is 5.23. The van der Waals surface area contributed by atoms with Crippen LogP contribution in [0.2, 0.25) is 5.02 Å². The molecule has 2 aromatic rings. The van der Waals surface area contributed by atoms with E-state index in [1.165, 1.54) is 24.3 Å². The summed E-state index contributed by atoms with van der Waals surface area (Å²) in [5.74, 6) is -1.94. The van der Waals surface area contributed by atoms with Gasteiger partial charge in [0.05, 0.1) is 22.0 Å². The Balaban J connectivity index is 2.49. The number of halogens is 2. The van der Waals surface area contributed by atoms with Crippen LogP contribution in [0.3, 0.4) is 0 Å². The van der Waals surface area contributed by atoms with E-state index in [-0.39, 0.29) is 22.2 Å². The SMILES string of the molecule is O=C(O)CCN(c1ccc(Cl)c(F)c1)S(=O)(=O)c1ccccc1. The summed E-state index contributed by atoms with van der Waals surface area (Å²) in [7, 11) is -4.02. The highest BCUT2D eigenvalue weighted by Crippen LogP contribution is 2.27. The molecule has 0 bridgehead atoms. The molecule has 2 aromatic carbocycles. The van der Waals surface area contributed by atoms with Crippen molar-refractivity contribution < 1.29 is 22.7 Å². The fourth-order valence-corrected chi connectivity index (χ4v) is 3.54. The second-order valence-electron chi connectivity index (χ2n) is 4.63. The van der Waals surface area contributed by atoms with Crippen LogP contribution in [0.15, 0.2) is 53.4 Å². The van der Waals surface area contributed by atoms with Crippen LogP contribution >= 0.6 is 11.6 Å². The molecule has 0 radical (unpaired) electrons. The molecule has 8 heteroatoms. The first-order valence-corrected chi connectivity index (χ1v) is 8.39. The quantitative estimate of drug-likeness (QED) is 0.861. The van der Waals surface area contributed by atoms with Gasteiger partial charge in [0.2, 0.25) is 0 Å². The molecule has 1 N–H and O–H groups in total. The molecule has 23 heavy (non-hydrogen) atoms. The van der Waals surface area contributed by atoms with Crippen LogP contribution in [-0.4, -0.2) is 26.0 Å². The van der Waals surface area contributed by atoms with Gasteiger partial charge in [0.25, 0.3) is 10.0 Å². The first-order chi connectivity index (χ1) is 10.8. The molecular weight excluding hydrogens is 345 g/mol. The summed E-state index contributed by atoms with van der Waals surface area (Å²) >= 11 is 5.61. The zero-order valence-electron chi connectivity index (χ0n) is 11.8. The van der Waals surface area contributed by atoms with Gasteiger partial charge in [-0.2, -0.15) is 0 Å². The minimum Gasteiger partial charge on any atom is -0.481 e. The Morgan fingerprint density at radius 1 is 1.17 bits per heavy atom. The molecular formula is C15H13ClFNO4S. The lowest BCUT2D eigenvalue weighted by atomic mass is 10.3. The van der Waals surface area contributed by atoms with Gasteiger partial charge < -0.3 is 5.11 Å². The third kappa shape index (κ3) is 4.00. The number of hydrogen-bond acceptors (Lipinski definition) is 3. The summed E-state index contributed by atoms with van der Waals surface area (Å²) < 4.78 is 40.0. The lowest BCUT2D eigenvalue weighted by molar-refractivity contribution is -0.136. The second-order valence-corrected chi connectivity index (χ2v) is 6.90. The predicted octanol–water partition coefficient (Wildman–Crippen LogP) is 3.15. The molecule has 0 aliphatic heterocycles. The van der Waals surface area contributed by atoms with Crippen molar-refractivity contribution in [1.29, 1.82) is 0 Å². The molecule has 0 amide bonds. The summed E-state index contributed by atoms with van der Waals surface area (Å²) in [5, 5.41) is 8.68. The van der Waals surface area contributed by atoms with Crippen LogP contribution in [0.1, 0.15) is 6.42 Å². The van der Waals surface area contributed by atoms with Gasteiger partial charge in [-0.3, -0.25) is 9.10 Å². The van der Waals surface area contributed by atoms with Crippen LogP contribution in [0.4, 0.5) is 10.1 Å². The summed E-state index contributed by atoms with van der Waals surface area (Å²) in [6, 6.07) is 11.0. The summed E-state index contributed by atoms with van der Waals surface area (Å²) in [6.45, 7) is -0.326. The van der Waals surface area contributed by atoms with E-state index in [0.29, 0.717) is 0 Å². The van der Waals surface area contributed by atoms with Gasteiger partial charge in [-0.15, -0.1) is 0 Å². The number of hydrogen-bond donors (Lipinski definition) is 1. The van der Waals surface area contributed by atoms with Crippen molar-refractivity contribution in [2.45, 2.75) is 11.3 Å². The van der Waals surface area contributed by atoms with Crippen molar-refractivity contribution in [3.63, 3.8) is 0 Å². The van der Waals surface area contributed by atoms with Crippen molar-refractivity contribution in [1.82, 2.24) is 0 Å². The molecule has 0 fully saturated rings. The first kappa shape index (κ1) is 17.2. The zero-order chi connectivity index (χ0) is 17.0. The molecule has 122 valence electrons. The van der Waals surface area contributed by atoms with Crippen LogP contribution in [0.25, 0.3) is 0 Å². The number of anilines is 1. The van der Waals surface area contributed by atoms with E-state index < -0.39 is 28.2 Å². The van der Waals surface area contributed by atoms with Crippen LogP contribution in [-0.2, 0) is 14.8 Å². The van der Waals surface area contributed by atoms with Crippen molar-refractivity contribution in [3.8, 4) is 0 Å². The van der Waals surface area contributed by atoms with Gasteiger partial charge in [-0.25, -0.2) is 12.8 Å². The van der Waals surface area contributed by atoms with E-state index in [0.717, 1.165) is 10.4 Å². The lowest BCUT2D eigenvalue weighted by Gasteiger charge is -2.24. The Morgan fingerprint density at radius 2 is 1.83 bits per heavy atom. The van der Waals surface area contributed by atoms with Crippen LogP contribution in [0.5, 0.6) is 0 Å². The molecule has 0 aromatic heterocycles. The normalized spacial score (nSPS) is 11.2. The maximum absolute atomic E-state index is 13.7. The number of rotatable bonds is 6. The molecule has 0 atom stereocenters. The van der Waals surface area contributed by atoms with Gasteiger partial charge in [0.1, 0.15) is 5.82 Å². The third-order valence-electron chi connectivity index (χ3n) is 3.05. The molecule has 0 spiro atoms. The topological polar surface area (TPSA) is 74.7 Å². The van der Waals surface area contributed by atoms with Gasteiger partial charge in [0.15, 0.2) is 0 Å². The predicted molar refractivity (Wildman–Crippen MR) is 84.6 cm³/mol. The summed E-state index contributed by atoms with van der Waals surface area (Å²) in [5.41, 5.74) is 0.0111. The highest BCUT2D eigenvalue weighted by molar-refractivity contribution is 7.92. The lowest BCUT2D eigenvalue weighted by Crippen LogP contribution is -2.33. The van der Waals surface area contributed by atoms with E-state index in [1.807, 2.05) is 0 Å². The van der Waals surface area contributed by atoms with E-state index >= 15 is 0 Å². The van der Waals surface area contributed by atoms with Gasteiger partial charge in [-0.05, 0) is 30.3 Å². The minimum absolute atomic E-state index is 0.0111. The molecule has 0 aliphatic rings. The number of carboxylic acids is 1. The maximum Gasteiger partial charge on any atom is 0.305 e. The Hall–Kier alpha value is -2.12. The average Bonchev–Trinajstić information content (AvgIpc) is 2.51. The maximum atomic E-state index is 13.7. The Labute approximate surface area is 138 Å². The number of carboxylic acid groups (broad SMARTS) is 1. The standard InChI is InChI=1S/C15H13ClFNO4S/c16-13-7-6-11(10-14(13)17)18(9-8-15(19)20)23(21,22)12-4-2-1-3-5-12/h1-7,10H,8-9H2,(H,19,20). The zero-order valence-corrected chi connectivity index (χ0v) is 13.4. The molecule has 0 aliphatic carbocycles. The Bertz CT molecular complexity index is 811. The molecule has 0 unspecified atom stereocenters. The fraction of sp³-hybridized carbons (Fsp3) is 0.133. The molecule has 5 nitrogen and oxygen atoms in total. The molecule has 0 heterocycles. The summed E-state index contributed by atoms with van der Waals surface area (Å²) in [4.78, 5) is 10.8. The van der Waals surface area contributed by atoms with Crippen molar-refractivity contribution >= 4 is 33.3 Å². The molecule has 0 saturated heterocycles. The smallest absolute Gasteiger partial charge is 0.305 e. The number of benzene rings is 2. The number of aliphatic carboxylic acids is 1. The average molecular weight is 358 g/mol. The molecule has 2 rings (SSSR count).